The largest absolute Gasteiger partial charge is 0.492 e. The van der Waals surface area contributed by atoms with Crippen LogP contribution >= 0.6 is 0 Å². The summed E-state index contributed by atoms with van der Waals surface area (Å²) in [5, 5.41) is 13.3. The third kappa shape index (κ3) is 4.40. The molecular weight excluding hydrogens is 290 g/mol. The summed E-state index contributed by atoms with van der Waals surface area (Å²) in [5.74, 6) is 0.328. The van der Waals surface area contributed by atoms with Gasteiger partial charge in [-0.3, -0.25) is 19.8 Å². The predicted octanol–water partition coefficient (Wildman–Crippen LogP) is 0.420. The summed E-state index contributed by atoms with van der Waals surface area (Å²) in [4.78, 5) is 23.9. The third-order valence-corrected chi connectivity index (χ3v) is 3.39. The molecule has 1 atom stereocenters. The number of rotatable bonds is 6. The van der Waals surface area contributed by atoms with Crippen LogP contribution in [0.25, 0.3) is 0 Å². The van der Waals surface area contributed by atoms with E-state index in [-0.39, 0.29) is 11.6 Å². The number of non-ortho nitro benzene ring substituents is 1. The minimum Gasteiger partial charge on any atom is -0.492 e. The molecule has 1 saturated heterocycles. The molecule has 2 rings (SSSR count). The van der Waals surface area contributed by atoms with Gasteiger partial charge in [0.25, 0.3) is 5.69 Å². The maximum atomic E-state index is 11.6. The van der Waals surface area contributed by atoms with Gasteiger partial charge in [-0.05, 0) is 6.07 Å². The van der Waals surface area contributed by atoms with Gasteiger partial charge in [-0.1, -0.05) is 6.07 Å². The number of carbonyl (C=O) groups is 1. The number of hydrogen-bond acceptors (Lipinski definition) is 6. The molecule has 8 nitrogen and oxygen atoms in total. The first-order valence-electron chi connectivity index (χ1n) is 7.03. The highest BCUT2D eigenvalue weighted by atomic mass is 16.6. The minimum atomic E-state index is -0.462. The molecule has 1 aliphatic rings. The highest BCUT2D eigenvalue weighted by Crippen LogP contribution is 2.19. The van der Waals surface area contributed by atoms with Crippen molar-refractivity contribution in [3.8, 4) is 5.75 Å². The summed E-state index contributed by atoms with van der Waals surface area (Å²) in [5.41, 5.74) is 0.00329. The fourth-order valence-corrected chi connectivity index (χ4v) is 2.20. The Morgan fingerprint density at radius 2 is 2.41 bits per heavy atom. The zero-order chi connectivity index (χ0) is 15.9. The fourth-order valence-electron chi connectivity index (χ4n) is 2.20. The number of carbonyl (C=O) groups excluding carboxylic acids is 1. The summed E-state index contributed by atoms with van der Waals surface area (Å²) in [6, 6.07) is 6.08. The van der Waals surface area contributed by atoms with Crippen molar-refractivity contribution in [1.29, 1.82) is 0 Å². The standard InChI is InChI=1S/C14H19N3O5/c1-15-14(18)13-10-16(6-8-22-13)5-7-21-12-4-2-3-11(9-12)17(19)20/h2-4,9,13H,5-8,10H2,1H3,(H,15,18). The lowest BCUT2D eigenvalue weighted by atomic mass is 10.2. The smallest absolute Gasteiger partial charge is 0.273 e. The van der Waals surface area contributed by atoms with Crippen LogP contribution in [-0.4, -0.2) is 61.7 Å². The van der Waals surface area contributed by atoms with Gasteiger partial charge in [0, 0.05) is 32.7 Å². The molecule has 1 aliphatic heterocycles. The molecule has 0 aliphatic carbocycles. The lowest BCUT2D eigenvalue weighted by Gasteiger charge is -2.31. The second-order valence-electron chi connectivity index (χ2n) is 4.88. The fraction of sp³-hybridized carbons (Fsp3) is 0.500. The van der Waals surface area contributed by atoms with Crippen LogP contribution in [0.2, 0.25) is 0 Å². The number of ether oxygens (including phenoxy) is 2. The zero-order valence-corrected chi connectivity index (χ0v) is 12.4. The van der Waals surface area contributed by atoms with Crippen LogP contribution in [0.15, 0.2) is 24.3 Å². The van der Waals surface area contributed by atoms with Crippen molar-refractivity contribution in [3.63, 3.8) is 0 Å². The first kappa shape index (κ1) is 16.2. The van der Waals surface area contributed by atoms with Gasteiger partial charge in [0.05, 0.1) is 17.6 Å². The van der Waals surface area contributed by atoms with Crippen molar-refractivity contribution >= 4 is 11.6 Å². The molecule has 0 radical (unpaired) electrons. The summed E-state index contributed by atoms with van der Waals surface area (Å²) >= 11 is 0. The van der Waals surface area contributed by atoms with Gasteiger partial charge in [0.2, 0.25) is 5.91 Å². The highest BCUT2D eigenvalue weighted by molar-refractivity contribution is 5.80. The van der Waals surface area contributed by atoms with Gasteiger partial charge in [0.15, 0.2) is 0 Å². The topological polar surface area (TPSA) is 93.9 Å². The number of nitrogens with one attached hydrogen (secondary N) is 1. The van der Waals surface area contributed by atoms with Gasteiger partial charge < -0.3 is 14.8 Å². The summed E-state index contributed by atoms with van der Waals surface area (Å²) in [6.07, 6.45) is -0.462. The average molecular weight is 309 g/mol. The number of amides is 1. The van der Waals surface area contributed by atoms with Crippen molar-refractivity contribution in [2.45, 2.75) is 6.10 Å². The molecule has 120 valence electrons. The molecule has 0 aromatic heterocycles. The molecule has 1 fully saturated rings. The molecule has 1 heterocycles. The summed E-state index contributed by atoms with van der Waals surface area (Å²) < 4.78 is 10.9. The highest BCUT2D eigenvalue weighted by Gasteiger charge is 2.25. The van der Waals surface area contributed by atoms with E-state index in [9.17, 15) is 14.9 Å². The maximum Gasteiger partial charge on any atom is 0.273 e. The molecule has 1 amide bonds. The lowest BCUT2D eigenvalue weighted by molar-refractivity contribution is -0.384. The van der Waals surface area contributed by atoms with E-state index in [2.05, 4.69) is 10.2 Å². The van der Waals surface area contributed by atoms with Crippen LogP contribution in [-0.2, 0) is 9.53 Å². The van der Waals surface area contributed by atoms with E-state index in [1.165, 1.54) is 12.1 Å². The molecule has 8 heteroatoms. The number of nitro benzene ring substituents is 1. The predicted molar refractivity (Wildman–Crippen MR) is 78.8 cm³/mol. The Morgan fingerprint density at radius 1 is 1.59 bits per heavy atom. The van der Waals surface area contributed by atoms with E-state index in [4.69, 9.17) is 9.47 Å². The van der Waals surface area contributed by atoms with Crippen LogP contribution in [0.4, 0.5) is 5.69 Å². The molecular formula is C14H19N3O5. The van der Waals surface area contributed by atoms with Crippen LogP contribution in [0.1, 0.15) is 0 Å². The Hall–Kier alpha value is -2.19. The van der Waals surface area contributed by atoms with Crippen molar-refractivity contribution < 1.29 is 19.2 Å². The molecule has 1 N–H and O–H groups in total. The summed E-state index contributed by atoms with van der Waals surface area (Å²) in [6.45, 7) is 2.75. The van der Waals surface area contributed by atoms with Crippen LogP contribution in [0, 0.1) is 10.1 Å². The van der Waals surface area contributed by atoms with Crippen LogP contribution < -0.4 is 10.1 Å². The first-order chi connectivity index (χ1) is 10.6. The number of nitrogens with zero attached hydrogens (tertiary/aromatic N) is 2. The van der Waals surface area contributed by atoms with E-state index in [0.29, 0.717) is 32.1 Å². The van der Waals surface area contributed by atoms with Crippen molar-refractivity contribution in [1.82, 2.24) is 10.2 Å². The van der Waals surface area contributed by atoms with Gasteiger partial charge >= 0.3 is 0 Å². The van der Waals surface area contributed by atoms with Crippen LogP contribution in [0.3, 0.4) is 0 Å². The van der Waals surface area contributed by atoms with E-state index in [1.54, 1.807) is 19.2 Å². The SMILES string of the molecule is CNC(=O)C1CN(CCOc2cccc([N+](=O)[O-])c2)CCO1. The number of likely N-dealkylation sites (N-methyl/N-ethyl adjacent to an activating group) is 1. The number of hydrogen-bond donors (Lipinski definition) is 1. The molecule has 0 spiro atoms. The van der Waals surface area contributed by atoms with Gasteiger partial charge in [-0.2, -0.15) is 0 Å². The van der Waals surface area contributed by atoms with Gasteiger partial charge in [-0.25, -0.2) is 0 Å². The van der Waals surface area contributed by atoms with Gasteiger partial charge in [-0.15, -0.1) is 0 Å². The van der Waals surface area contributed by atoms with Gasteiger partial charge in [0.1, 0.15) is 18.5 Å². The van der Waals surface area contributed by atoms with Crippen molar-refractivity contribution in [2.24, 2.45) is 0 Å². The van der Waals surface area contributed by atoms with E-state index < -0.39 is 11.0 Å². The Bertz CT molecular complexity index is 537. The quantitative estimate of drug-likeness (QED) is 0.604. The average Bonchev–Trinajstić information content (AvgIpc) is 2.54. The molecule has 1 unspecified atom stereocenters. The van der Waals surface area contributed by atoms with E-state index in [0.717, 1.165) is 6.54 Å². The number of nitro groups is 1. The maximum absolute atomic E-state index is 11.6. The third-order valence-electron chi connectivity index (χ3n) is 3.39. The minimum absolute atomic E-state index is 0.00329. The van der Waals surface area contributed by atoms with E-state index >= 15 is 0 Å². The van der Waals surface area contributed by atoms with Crippen molar-refractivity contribution in [2.75, 3.05) is 39.9 Å². The Labute approximate surface area is 128 Å². The van der Waals surface area contributed by atoms with Crippen LogP contribution in [0.5, 0.6) is 5.75 Å². The summed E-state index contributed by atoms with van der Waals surface area (Å²) in [7, 11) is 1.58. The van der Waals surface area contributed by atoms with Crippen molar-refractivity contribution in [3.05, 3.63) is 34.4 Å². The monoisotopic (exact) mass is 309 g/mol. The molecule has 1 aromatic carbocycles. The molecule has 0 bridgehead atoms. The Balaban J connectivity index is 1.79. The Kier molecular flexibility index (Phi) is 5.68. The molecule has 0 saturated carbocycles. The second kappa shape index (κ2) is 7.71. The Morgan fingerprint density at radius 3 is 3.14 bits per heavy atom. The second-order valence-corrected chi connectivity index (χ2v) is 4.88. The van der Waals surface area contributed by atoms with E-state index in [1.807, 2.05) is 0 Å². The zero-order valence-electron chi connectivity index (χ0n) is 12.4. The first-order valence-corrected chi connectivity index (χ1v) is 7.03. The molecule has 1 aromatic rings. The normalized spacial score (nSPS) is 18.7. The lowest BCUT2D eigenvalue weighted by Crippen LogP contribution is -2.50. The number of benzene rings is 1. The number of morpholine rings is 1. The molecule has 22 heavy (non-hydrogen) atoms.